The molecule has 35 heavy (non-hydrogen) atoms. The van der Waals surface area contributed by atoms with Gasteiger partial charge in [-0.05, 0) is 30.3 Å². The molecule has 0 bridgehead atoms. The first-order valence-electron chi connectivity index (χ1n) is 8.99. The third kappa shape index (κ3) is 5.01. The lowest BCUT2D eigenvalue weighted by atomic mass is 10.2. The molecule has 0 saturated carbocycles. The second-order valence-electron chi connectivity index (χ2n) is 6.84. The maximum atomic E-state index is 13.8. The van der Waals surface area contributed by atoms with Crippen LogP contribution in [-0.2, 0) is 12.4 Å². The summed E-state index contributed by atoms with van der Waals surface area (Å²) in [6.45, 7) is 0. The molecular formula is C19H7Cl4F6N5O. The van der Waals surface area contributed by atoms with Gasteiger partial charge in [0.1, 0.15) is 17.3 Å². The molecule has 184 valence electrons. The van der Waals surface area contributed by atoms with Gasteiger partial charge >= 0.3 is 18.4 Å². The van der Waals surface area contributed by atoms with Gasteiger partial charge in [-0.15, -0.1) is 5.10 Å². The van der Waals surface area contributed by atoms with E-state index >= 15 is 0 Å². The zero-order valence-corrected chi connectivity index (χ0v) is 19.5. The Balaban J connectivity index is 1.92. The maximum Gasteiger partial charge on any atom is 0.434 e. The maximum absolute atomic E-state index is 13.8. The number of aromatic nitrogens is 4. The number of nitrogen functional groups attached to an aromatic ring is 1. The van der Waals surface area contributed by atoms with Gasteiger partial charge in [-0.25, -0.2) is 4.68 Å². The second-order valence-corrected chi connectivity index (χ2v) is 8.53. The number of rotatable bonds is 3. The van der Waals surface area contributed by atoms with Crippen LogP contribution in [0.25, 0.3) is 16.7 Å². The van der Waals surface area contributed by atoms with E-state index in [1.54, 1.807) is 0 Å². The monoisotopic (exact) mass is 575 g/mol. The minimum Gasteiger partial charge on any atom is -0.424 e. The highest BCUT2D eigenvalue weighted by Gasteiger charge is 2.39. The summed E-state index contributed by atoms with van der Waals surface area (Å²) in [5, 5.41) is 2.23. The molecule has 2 N–H and O–H groups in total. The summed E-state index contributed by atoms with van der Waals surface area (Å²) in [5.74, 6) is -0.746. The molecule has 0 spiro atoms. The van der Waals surface area contributed by atoms with Gasteiger partial charge in [-0.2, -0.15) is 36.3 Å². The number of hydrogen-bond donors (Lipinski definition) is 1. The van der Waals surface area contributed by atoms with E-state index in [1.165, 1.54) is 18.2 Å². The highest BCUT2D eigenvalue weighted by Crippen LogP contribution is 2.42. The molecule has 0 aliphatic rings. The number of benzene rings is 2. The number of anilines is 1. The topological polar surface area (TPSA) is 78.8 Å². The number of halogens is 10. The van der Waals surface area contributed by atoms with Crippen molar-refractivity contribution in [2.75, 3.05) is 5.73 Å². The van der Waals surface area contributed by atoms with Crippen LogP contribution in [-0.4, -0.2) is 19.7 Å². The summed E-state index contributed by atoms with van der Waals surface area (Å²) in [5.41, 5.74) is 2.18. The molecule has 6 nitrogen and oxygen atoms in total. The Bertz CT molecular complexity index is 1430. The zero-order valence-electron chi connectivity index (χ0n) is 16.4. The molecule has 0 atom stereocenters. The van der Waals surface area contributed by atoms with Gasteiger partial charge in [0.05, 0.1) is 21.0 Å². The summed E-state index contributed by atoms with van der Waals surface area (Å²) in [7, 11) is 0. The van der Waals surface area contributed by atoms with Gasteiger partial charge in [0, 0.05) is 10.0 Å². The third-order valence-electron chi connectivity index (χ3n) is 4.42. The van der Waals surface area contributed by atoms with Crippen molar-refractivity contribution < 1.29 is 31.1 Å². The Morgan fingerprint density at radius 3 is 1.89 bits per heavy atom. The van der Waals surface area contributed by atoms with Gasteiger partial charge in [-0.1, -0.05) is 46.4 Å². The van der Waals surface area contributed by atoms with Crippen molar-refractivity contribution in [2.24, 2.45) is 0 Å². The molecule has 0 saturated heterocycles. The SMILES string of the molecule is Nc1c2c(C(F)(F)F)nc(Oc3cc(Cl)cc(Cl)c3)nc2nn1-c1c(Cl)cc(C(F)(F)F)cc1Cl. The first kappa shape index (κ1) is 25.4. The Kier molecular flexibility index (Phi) is 6.37. The fourth-order valence-corrected chi connectivity index (χ4v) is 4.19. The highest BCUT2D eigenvalue weighted by atomic mass is 35.5. The van der Waals surface area contributed by atoms with E-state index < -0.39 is 62.2 Å². The fourth-order valence-electron chi connectivity index (χ4n) is 3.04. The molecule has 0 aliphatic heterocycles. The van der Waals surface area contributed by atoms with Crippen LogP contribution in [0.4, 0.5) is 32.2 Å². The lowest BCUT2D eigenvalue weighted by molar-refractivity contribution is -0.140. The van der Waals surface area contributed by atoms with E-state index in [1.807, 2.05) is 0 Å². The number of fused-ring (bicyclic) bond motifs is 1. The lowest BCUT2D eigenvalue weighted by Gasteiger charge is -2.13. The molecule has 4 rings (SSSR count). The number of alkyl halides is 6. The van der Waals surface area contributed by atoms with Gasteiger partial charge in [0.25, 0.3) is 0 Å². The van der Waals surface area contributed by atoms with Crippen LogP contribution in [0.5, 0.6) is 11.8 Å². The van der Waals surface area contributed by atoms with Crippen molar-refractivity contribution in [3.05, 3.63) is 61.7 Å². The molecule has 0 amide bonds. The molecule has 2 heterocycles. The fraction of sp³-hybridized carbons (Fsp3) is 0.105. The first-order chi connectivity index (χ1) is 16.1. The summed E-state index contributed by atoms with van der Waals surface area (Å²) in [6.07, 6.45) is -9.84. The predicted octanol–water partition coefficient (Wildman–Crippen LogP) is 7.84. The van der Waals surface area contributed by atoms with E-state index in [9.17, 15) is 26.3 Å². The molecule has 2 aromatic heterocycles. The second kappa shape index (κ2) is 8.77. The summed E-state index contributed by atoms with van der Waals surface area (Å²) in [6, 6.07) is 4.15. The smallest absolute Gasteiger partial charge is 0.424 e. The number of nitrogens with two attached hydrogens (primary N) is 1. The Hall–Kier alpha value is -2.67. The van der Waals surface area contributed by atoms with E-state index in [0.717, 1.165) is 0 Å². The Labute approximate surface area is 211 Å². The van der Waals surface area contributed by atoms with Crippen LogP contribution < -0.4 is 10.5 Å². The summed E-state index contributed by atoms with van der Waals surface area (Å²) in [4.78, 5) is 7.22. The van der Waals surface area contributed by atoms with Crippen molar-refractivity contribution in [3.63, 3.8) is 0 Å². The zero-order chi connectivity index (χ0) is 25.9. The first-order valence-corrected chi connectivity index (χ1v) is 10.5. The van der Waals surface area contributed by atoms with Crippen LogP contribution in [0.15, 0.2) is 30.3 Å². The standard InChI is InChI=1S/C19H7Cl4F6N5O/c20-7-3-8(21)5-9(4-7)35-17-31-14(19(27,28)29)12-15(30)34(33-16(12)32-17)13-10(22)1-6(2-11(13)23)18(24,25)26/h1-5H,30H2. The van der Waals surface area contributed by atoms with Crippen molar-refractivity contribution in [3.8, 4) is 17.4 Å². The van der Waals surface area contributed by atoms with Crippen LogP contribution in [0.3, 0.4) is 0 Å². The summed E-state index contributed by atoms with van der Waals surface area (Å²) < 4.78 is 86.6. The predicted molar refractivity (Wildman–Crippen MR) is 118 cm³/mol. The van der Waals surface area contributed by atoms with E-state index in [-0.39, 0.29) is 15.8 Å². The molecule has 0 fully saturated rings. The quantitative estimate of drug-likeness (QED) is 0.251. The lowest BCUT2D eigenvalue weighted by Crippen LogP contribution is -2.11. The average molecular weight is 577 g/mol. The van der Waals surface area contributed by atoms with Crippen molar-refractivity contribution >= 4 is 63.3 Å². The number of nitrogens with zero attached hydrogens (tertiary/aromatic N) is 4. The number of ether oxygens (including phenoxy) is 1. The van der Waals surface area contributed by atoms with E-state index in [4.69, 9.17) is 56.9 Å². The van der Waals surface area contributed by atoms with Gasteiger partial charge in [-0.3, -0.25) is 0 Å². The molecule has 4 aromatic rings. The van der Waals surface area contributed by atoms with Crippen molar-refractivity contribution in [1.29, 1.82) is 0 Å². The highest BCUT2D eigenvalue weighted by molar-refractivity contribution is 6.38. The normalized spacial score (nSPS) is 12.4. The molecule has 0 aliphatic carbocycles. The van der Waals surface area contributed by atoms with Gasteiger partial charge in [0.2, 0.25) is 0 Å². The molecular weight excluding hydrogens is 570 g/mol. The van der Waals surface area contributed by atoms with Crippen molar-refractivity contribution in [1.82, 2.24) is 19.7 Å². The average Bonchev–Trinajstić information content (AvgIpc) is 3.00. The van der Waals surface area contributed by atoms with Crippen molar-refractivity contribution in [2.45, 2.75) is 12.4 Å². The summed E-state index contributed by atoms with van der Waals surface area (Å²) >= 11 is 23.7. The van der Waals surface area contributed by atoms with E-state index in [2.05, 4.69) is 15.1 Å². The Morgan fingerprint density at radius 1 is 0.800 bits per heavy atom. The van der Waals surface area contributed by atoms with Crippen LogP contribution in [0.1, 0.15) is 11.3 Å². The molecule has 16 heteroatoms. The van der Waals surface area contributed by atoms with Gasteiger partial charge < -0.3 is 10.5 Å². The largest absolute Gasteiger partial charge is 0.434 e. The molecule has 0 radical (unpaired) electrons. The third-order valence-corrected chi connectivity index (χ3v) is 5.43. The van der Waals surface area contributed by atoms with Crippen LogP contribution in [0, 0.1) is 0 Å². The number of hydrogen-bond acceptors (Lipinski definition) is 5. The van der Waals surface area contributed by atoms with Crippen LogP contribution >= 0.6 is 46.4 Å². The van der Waals surface area contributed by atoms with Gasteiger partial charge in [0.15, 0.2) is 11.3 Å². The Morgan fingerprint density at radius 2 is 1.37 bits per heavy atom. The molecule has 2 aromatic carbocycles. The van der Waals surface area contributed by atoms with Crippen LogP contribution in [0.2, 0.25) is 20.1 Å². The van der Waals surface area contributed by atoms with E-state index in [0.29, 0.717) is 16.8 Å². The minimum atomic E-state index is -5.05. The molecule has 0 unspecified atom stereocenters. The minimum absolute atomic E-state index is 0.0730.